The minimum atomic E-state index is 0.900. The number of anilines is 1. The zero-order chi connectivity index (χ0) is 9.38. The van der Waals surface area contributed by atoms with Gasteiger partial charge in [-0.05, 0) is 30.9 Å². The molecule has 72 valence electrons. The predicted molar refractivity (Wildman–Crippen MR) is 57.3 cm³/mol. The van der Waals surface area contributed by atoms with E-state index in [2.05, 4.69) is 21.4 Å². The third-order valence-corrected chi connectivity index (χ3v) is 2.74. The van der Waals surface area contributed by atoms with Crippen LogP contribution < -0.4 is 5.32 Å². The SMILES string of the molecule is c1cc(NCC2CC2)c2cc[nH]c2n1. The Bertz CT molecular complexity index is 442. The van der Waals surface area contributed by atoms with Crippen LogP contribution >= 0.6 is 0 Å². The molecular formula is C11H13N3. The summed E-state index contributed by atoms with van der Waals surface area (Å²) in [4.78, 5) is 7.36. The summed E-state index contributed by atoms with van der Waals surface area (Å²) in [5.74, 6) is 0.900. The van der Waals surface area contributed by atoms with Gasteiger partial charge in [0.25, 0.3) is 0 Å². The van der Waals surface area contributed by atoms with Gasteiger partial charge in [0.2, 0.25) is 0 Å². The summed E-state index contributed by atoms with van der Waals surface area (Å²) < 4.78 is 0. The van der Waals surface area contributed by atoms with Crippen LogP contribution in [0.2, 0.25) is 0 Å². The van der Waals surface area contributed by atoms with Gasteiger partial charge in [-0.2, -0.15) is 0 Å². The molecule has 0 unspecified atom stereocenters. The number of pyridine rings is 1. The number of aromatic nitrogens is 2. The molecule has 2 N–H and O–H groups in total. The summed E-state index contributed by atoms with van der Waals surface area (Å²) in [5.41, 5.74) is 2.16. The molecule has 0 aliphatic heterocycles. The molecule has 0 amide bonds. The van der Waals surface area contributed by atoms with Gasteiger partial charge in [-0.3, -0.25) is 0 Å². The van der Waals surface area contributed by atoms with Crippen molar-refractivity contribution in [1.29, 1.82) is 0 Å². The average Bonchev–Trinajstić information content (AvgIpc) is 2.91. The number of rotatable bonds is 3. The first kappa shape index (κ1) is 7.85. The molecule has 0 aromatic carbocycles. The van der Waals surface area contributed by atoms with E-state index >= 15 is 0 Å². The largest absolute Gasteiger partial charge is 0.384 e. The first-order valence-corrected chi connectivity index (χ1v) is 5.09. The van der Waals surface area contributed by atoms with E-state index in [1.54, 1.807) is 0 Å². The van der Waals surface area contributed by atoms with Crippen molar-refractivity contribution in [2.75, 3.05) is 11.9 Å². The Morgan fingerprint density at radius 2 is 2.36 bits per heavy atom. The minimum Gasteiger partial charge on any atom is -0.384 e. The van der Waals surface area contributed by atoms with Crippen LogP contribution in [-0.2, 0) is 0 Å². The number of hydrogen-bond acceptors (Lipinski definition) is 2. The van der Waals surface area contributed by atoms with Crippen LogP contribution in [0.1, 0.15) is 12.8 Å². The Morgan fingerprint density at radius 1 is 1.43 bits per heavy atom. The Balaban J connectivity index is 1.89. The topological polar surface area (TPSA) is 40.7 Å². The Labute approximate surface area is 82.5 Å². The Morgan fingerprint density at radius 3 is 3.21 bits per heavy atom. The smallest absolute Gasteiger partial charge is 0.139 e. The normalized spacial score (nSPS) is 16.0. The molecule has 1 saturated carbocycles. The monoisotopic (exact) mass is 187 g/mol. The van der Waals surface area contributed by atoms with Crippen LogP contribution in [0.3, 0.4) is 0 Å². The number of hydrogen-bond donors (Lipinski definition) is 2. The minimum absolute atomic E-state index is 0.900. The van der Waals surface area contributed by atoms with E-state index in [-0.39, 0.29) is 0 Å². The van der Waals surface area contributed by atoms with Crippen molar-refractivity contribution in [1.82, 2.24) is 9.97 Å². The number of nitrogens with one attached hydrogen (secondary N) is 2. The Kier molecular flexibility index (Phi) is 1.69. The van der Waals surface area contributed by atoms with E-state index in [0.29, 0.717) is 0 Å². The average molecular weight is 187 g/mol. The molecule has 1 aliphatic carbocycles. The fraction of sp³-hybridized carbons (Fsp3) is 0.364. The van der Waals surface area contributed by atoms with Gasteiger partial charge in [-0.25, -0.2) is 4.98 Å². The van der Waals surface area contributed by atoms with Crippen LogP contribution in [0, 0.1) is 5.92 Å². The summed E-state index contributed by atoms with van der Waals surface area (Å²) in [6, 6.07) is 4.11. The highest BCUT2D eigenvalue weighted by Crippen LogP contribution is 2.30. The second-order valence-corrected chi connectivity index (χ2v) is 3.92. The molecule has 2 aromatic heterocycles. The van der Waals surface area contributed by atoms with Gasteiger partial charge >= 0.3 is 0 Å². The quantitative estimate of drug-likeness (QED) is 0.774. The van der Waals surface area contributed by atoms with E-state index in [9.17, 15) is 0 Å². The van der Waals surface area contributed by atoms with Gasteiger partial charge in [0.15, 0.2) is 0 Å². The maximum Gasteiger partial charge on any atom is 0.139 e. The molecule has 0 saturated heterocycles. The first-order valence-electron chi connectivity index (χ1n) is 5.09. The second-order valence-electron chi connectivity index (χ2n) is 3.92. The van der Waals surface area contributed by atoms with E-state index in [1.807, 2.05) is 18.5 Å². The summed E-state index contributed by atoms with van der Waals surface area (Å²) in [6.45, 7) is 1.10. The Hall–Kier alpha value is -1.51. The van der Waals surface area contributed by atoms with Crippen molar-refractivity contribution in [2.24, 2.45) is 5.92 Å². The lowest BCUT2D eigenvalue weighted by Crippen LogP contribution is -2.03. The van der Waals surface area contributed by atoms with E-state index in [1.165, 1.54) is 23.9 Å². The molecule has 1 fully saturated rings. The van der Waals surface area contributed by atoms with Crippen molar-refractivity contribution in [3.05, 3.63) is 24.5 Å². The van der Waals surface area contributed by atoms with Gasteiger partial charge < -0.3 is 10.3 Å². The van der Waals surface area contributed by atoms with Crippen LogP contribution in [-0.4, -0.2) is 16.5 Å². The van der Waals surface area contributed by atoms with Gasteiger partial charge in [-0.1, -0.05) is 0 Å². The molecule has 0 radical (unpaired) electrons. The number of nitrogens with zero attached hydrogens (tertiary/aromatic N) is 1. The number of aromatic amines is 1. The molecular weight excluding hydrogens is 174 g/mol. The summed E-state index contributed by atoms with van der Waals surface area (Å²) >= 11 is 0. The molecule has 0 spiro atoms. The third kappa shape index (κ3) is 1.35. The van der Waals surface area contributed by atoms with Crippen LogP contribution in [0.25, 0.3) is 11.0 Å². The maximum atomic E-state index is 4.25. The fourth-order valence-electron chi connectivity index (χ4n) is 1.69. The van der Waals surface area contributed by atoms with Crippen LogP contribution in [0.5, 0.6) is 0 Å². The highest BCUT2D eigenvalue weighted by molar-refractivity contribution is 5.89. The molecule has 3 heteroatoms. The summed E-state index contributed by atoms with van der Waals surface area (Å²) in [6.07, 6.45) is 6.54. The van der Waals surface area contributed by atoms with Crippen molar-refractivity contribution >= 4 is 16.7 Å². The molecule has 1 aliphatic rings. The van der Waals surface area contributed by atoms with E-state index in [0.717, 1.165) is 18.1 Å². The maximum absolute atomic E-state index is 4.25. The molecule has 0 atom stereocenters. The van der Waals surface area contributed by atoms with E-state index in [4.69, 9.17) is 0 Å². The number of fused-ring (bicyclic) bond motifs is 1. The third-order valence-electron chi connectivity index (χ3n) is 2.74. The van der Waals surface area contributed by atoms with E-state index < -0.39 is 0 Å². The fourth-order valence-corrected chi connectivity index (χ4v) is 1.69. The van der Waals surface area contributed by atoms with Crippen molar-refractivity contribution < 1.29 is 0 Å². The van der Waals surface area contributed by atoms with Crippen molar-refractivity contribution in [3.8, 4) is 0 Å². The number of H-pyrrole nitrogens is 1. The predicted octanol–water partition coefficient (Wildman–Crippen LogP) is 2.38. The van der Waals surface area contributed by atoms with Crippen molar-refractivity contribution in [3.63, 3.8) is 0 Å². The van der Waals surface area contributed by atoms with Crippen LogP contribution in [0.4, 0.5) is 5.69 Å². The molecule has 3 nitrogen and oxygen atoms in total. The molecule has 0 bridgehead atoms. The van der Waals surface area contributed by atoms with Crippen molar-refractivity contribution in [2.45, 2.75) is 12.8 Å². The lowest BCUT2D eigenvalue weighted by molar-refractivity contribution is 0.890. The molecule has 14 heavy (non-hydrogen) atoms. The second kappa shape index (κ2) is 3.01. The van der Waals surface area contributed by atoms with Crippen LogP contribution in [0.15, 0.2) is 24.5 Å². The highest BCUT2D eigenvalue weighted by atomic mass is 14.9. The highest BCUT2D eigenvalue weighted by Gasteiger charge is 2.20. The van der Waals surface area contributed by atoms with Gasteiger partial charge in [0.05, 0.1) is 0 Å². The zero-order valence-electron chi connectivity index (χ0n) is 7.96. The lowest BCUT2D eigenvalue weighted by Gasteiger charge is -2.05. The van der Waals surface area contributed by atoms with Gasteiger partial charge in [0, 0.05) is 30.0 Å². The zero-order valence-corrected chi connectivity index (χ0v) is 7.96. The first-order chi connectivity index (χ1) is 6.93. The standard InChI is InChI=1S/C11H13N3/c1-2-8(1)7-14-10-4-6-13-11-9(10)3-5-12-11/h3-6,8H,1-2,7H2,(H2,12,13,14). The molecule has 2 heterocycles. The summed E-state index contributed by atoms with van der Waals surface area (Å²) in [7, 11) is 0. The molecule has 2 aromatic rings. The lowest BCUT2D eigenvalue weighted by atomic mass is 10.3. The van der Waals surface area contributed by atoms with Gasteiger partial charge in [0.1, 0.15) is 5.65 Å². The summed E-state index contributed by atoms with van der Waals surface area (Å²) in [5, 5.41) is 4.66. The van der Waals surface area contributed by atoms with Gasteiger partial charge in [-0.15, -0.1) is 0 Å². The molecule has 3 rings (SSSR count).